The molecule has 5 unspecified atom stereocenters. The molecule has 0 aliphatic heterocycles. The summed E-state index contributed by atoms with van der Waals surface area (Å²) < 4.78 is 0. The van der Waals surface area contributed by atoms with Crippen molar-refractivity contribution in [3.05, 3.63) is 0 Å². The Bertz CT molecular complexity index is 659. The summed E-state index contributed by atoms with van der Waals surface area (Å²) in [7, 11) is 0. The Morgan fingerprint density at radius 2 is 1.48 bits per heavy atom. The van der Waals surface area contributed by atoms with Crippen LogP contribution in [0.25, 0.3) is 0 Å². The molecule has 31 heavy (non-hydrogen) atoms. The van der Waals surface area contributed by atoms with Gasteiger partial charge in [0.25, 0.3) is 0 Å². The molecule has 12 nitrogen and oxygen atoms in total. The fourth-order valence-corrected chi connectivity index (χ4v) is 2.98. The van der Waals surface area contributed by atoms with E-state index >= 15 is 0 Å². The average molecular weight is 464 g/mol. The predicted octanol–water partition coefficient (Wildman–Crippen LogP) is -2.48. The molecule has 0 aliphatic rings. The molecule has 9 N–H and O–H groups in total. The second-order valence-corrected chi connectivity index (χ2v) is 8.40. The Kier molecular flexibility index (Phi) is 12.8. The first-order valence-electron chi connectivity index (χ1n) is 9.66. The van der Waals surface area contributed by atoms with E-state index in [0.717, 1.165) is 0 Å². The van der Waals surface area contributed by atoms with Gasteiger partial charge in [0.05, 0.1) is 18.6 Å². The first kappa shape index (κ1) is 28.6. The predicted molar refractivity (Wildman–Crippen MR) is 115 cm³/mol. The summed E-state index contributed by atoms with van der Waals surface area (Å²) in [5.41, 5.74) is 10.9. The van der Waals surface area contributed by atoms with Crippen molar-refractivity contribution in [1.82, 2.24) is 16.0 Å². The Morgan fingerprint density at radius 3 is 1.90 bits per heavy atom. The molecule has 178 valence electrons. The van der Waals surface area contributed by atoms with Crippen molar-refractivity contribution in [3.8, 4) is 0 Å². The number of primary amides is 1. The van der Waals surface area contributed by atoms with Crippen molar-refractivity contribution in [2.45, 2.75) is 63.9 Å². The van der Waals surface area contributed by atoms with Gasteiger partial charge in [-0.3, -0.25) is 19.2 Å². The summed E-state index contributed by atoms with van der Waals surface area (Å²) in [6.07, 6.45) is 0.294. The van der Waals surface area contributed by atoms with E-state index in [1.165, 1.54) is 18.7 Å². The van der Waals surface area contributed by atoms with E-state index in [0.29, 0.717) is 12.2 Å². The van der Waals surface area contributed by atoms with Gasteiger partial charge in [0, 0.05) is 0 Å². The Labute approximate surface area is 185 Å². The van der Waals surface area contributed by atoms with Crippen LogP contribution in [-0.2, 0) is 24.0 Å². The maximum atomic E-state index is 12.7. The summed E-state index contributed by atoms with van der Waals surface area (Å²) in [5, 5.41) is 25.6. The van der Waals surface area contributed by atoms with Crippen molar-refractivity contribution in [2.75, 3.05) is 12.0 Å². The molecule has 0 aliphatic carbocycles. The maximum absolute atomic E-state index is 12.7. The molecule has 0 radical (unpaired) electrons. The van der Waals surface area contributed by atoms with Crippen LogP contribution in [0.5, 0.6) is 0 Å². The highest BCUT2D eigenvalue weighted by Gasteiger charge is 2.33. The first-order chi connectivity index (χ1) is 14.3. The molecule has 0 aromatic heterocycles. The topological polar surface area (TPSA) is 214 Å². The third-order valence-electron chi connectivity index (χ3n) is 4.30. The SMILES string of the molecule is CSCCC(N)C(=O)NC(CC(N)=O)C(=O)NC(C(=O)NC(C(=O)O)C(C)O)C(C)C. The van der Waals surface area contributed by atoms with Crippen LogP contribution in [0.1, 0.15) is 33.6 Å². The molecule has 0 rings (SSSR count). The van der Waals surface area contributed by atoms with E-state index in [-0.39, 0.29) is 0 Å². The largest absolute Gasteiger partial charge is 0.480 e. The summed E-state index contributed by atoms with van der Waals surface area (Å²) in [4.78, 5) is 60.1. The monoisotopic (exact) mass is 463 g/mol. The number of nitrogens with one attached hydrogen (secondary N) is 3. The van der Waals surface area contributed by atoms with E-state index in [1.807, 2.05) is 6.26 Å². The standard InChI is InChI=1S/C18H33N5O7S/c1-8(2)13(17(28)23-14(9(3)24)18(29)30)22-16(27)11(7-12(20)25)21-15(26)10(19)5-6-31-4/h8-11,13-14,24H,5-7,19H2,1-4H3,(H2,20,25)(H,21,26)(H,22,27)(H,23,28)(H,29,30). The van der Waals surface area contributed by atoms with Crippen LogP contribution < -0.4 is 27.4 Å². The van der Waals surface area contributed by atoms with Gasteiger partial charge in [0.2, 0.25) is 23.6 Å². The lowest BCUT2D eigenvalue weighted by molar-refractivity contribution is -0.145. The van der Waals surface area contributed by atoms with Gasteiger partial charge in [-0.15, -0.1) is 0 Å². The van der Waals surface area contributed by atoms with Gasteiger partial charge in [-0.05, 0) is 31.3 Å². The highest BCUT2D eigenvalue weighted by atomic mass is 32.2. The second-order valence-electron chi connectivity index (χ2n) is 7.41. The minimum Gasteiger partial charge on any atom is -0.480 e. The molecule has 0 fully saturated rings. The van der Waals surface area contributed by atoms with Crippen molar-refractivity contribution < 1.29 is 34.2 Å². The van der Waals surface area contributed by atoms with Gasteiger partial charge < -0.3 is 37.6 Å². The fourth-order valence-electron chi connectivity index (χ4n) is 2.49. The summed E-state index contributed by atoms with van der Waals surface area (Å²) in [6.45, 7) is 4.39. The molecule has 4 amide bonds. The molecule has 13 heteroatoms. The third-order valence-corrected chi connectivity index (χ3v) is 4.95. The molecule has 0 aromatic carbocycles. The Hall–Kier alpha value is -2.38. The number of carbonyl (C=O) groups excluding carboxylic acids is 4. The summed E-state index contributed by atoms with van der Waals surface area (Å²) in [5.74, 6) is -4.54. The number of carbonyl (C=O) groups is 5. The van der Waals surface area contributed by atoms with E-state index in [9.17, 15) is 29.1 Å². The lowest BCUT2D eigenvalue weighted by atomic mass is 10.0. The molecule has 0 heterocycles. The lowest BCUT2D eigenvalue weighted by Crippen LogP contribution is -2.60. The summed E-state index contributed by atoms with van der Waals surface area (Å²) >= 11 is 1.49. The zero-order valence-electron chi connectivity index (χ0n) is 18.1. The molecule has 0 saturated heterocycles. The molecule has 0 spiro atoms. The maximum Gasteiger partial charge on any atom is 0.328 e. The number of thioether (sulfide) groups is 1. The zero-order valence-corrected chi connectivity index (χ0v) is 18.9. The molecular weight excluding hydrogens is 430 g/mol. The fraction of sp³-hybridized carbons (Fsp3) is 0.722. The van der Waals surface area contributed by atoms with Crippen LogP contribution in [0.4, 0.5) is 0 Å². The van der Waals surface area contributed by atoms with Gasteiger partial charge >= 0.3 is 5.97 Å². The van der Waals surface area contributed by atoms with Crippen molar-refractivity contribution >= 4 is 41.4 Å². The normalized spacial score (nSPS) is 15.8. The third kappa shape index (κ3) is 10.5. The quantitative estimate of drug-likeness (QED) is 0.145. The number of amides is 4. The molecule has 0 aromatic rings. The van der Waals surface area contributed by atoms with Gasteiger partial charge in [0.1, 0.15) is 12.1 Å². The number of aliphatic hydroxyl groups is 1. The number of rotatable bonds is 14. The van der Waals surface area contributed by atoms with Gasteiger partial charge in [-0.1, -0.05) is 13.8 Å². The van der Waals surface area contributed by atoms with Crippen molar-refractivity contribution in [3.63, 3.8) is 0 Å². The van der Waals surface area contributed by atoms with Crippen LogP contribution in [0.3, 0.4) is 0 Å². The molecule has 5 atom stereocenters. The van der Waals surface area contributed by atoms with Crippen LogP contribution in [0, 0.1) is 5.92 Å². The van der Waals surface area contributed by atoms with Crippen molar-refractivity contribution in [2.24, 2.45) is 17.4 Å². The lowest BCUT2D eigenvalue weighted by Gasteiger charge is -2.27. The van der Waals surface area contributed by atoms with Gasteiger partial charge in [-0.2, -0.15) is 11.8 Å². The smallest absolute Gasteiger partial charge is 0.328 e. The van der Waals surface area contributed by atoms with Gasteiger partial charge in [-0.25, -0.2) is 4.79 Å². The van der Waals surface area contributed by atoms with Crippen molar-refractivity contribution in [1.29, 1.82) is 0 Å². The molecule has 0 saturated carbocycles. The Morgan fingerprint density at radius 1 is 0.935 bits per heavy atom. The van der Waals surface area contributed by atoms with Crippen LogP contribution in [-0.4, -0.2) is 82.1 Å². The minimum absolute atomic E-state index is 0.352. The first-order valence-corrected chi connectivity index (χ1v) is 11.1. The molecule has 0 bridgehead atoms. The average Bonchev–Trinajstić information content (AvgIpc) is 2.65. The van der Waals surface area contributed by atoms with E-state index in [1.54, 1.807) is 13.8 Å². The summed E-state index contributed by atoms with van der Waals surface area (Å²) in [6, 6.07) is -5.06. The van der Waals surface area contributed by atoms with E-state index < -0.39 is 72.2 Å². The van der Waals surface area contributed by atoms with Crippen LogP contribution in [0.15, 0.2) is 0 Å². The highest BCUT2D eigenvalue weighted by molar-refractivity contribution is 7.98. The number of hydrogen-bond donors (Lipinski definition) is 7. The molecular formula is C18H33N5O7S. The number of aliphatic hydroxyl groups excluding tert-OH is 1. The zero-order chi connectivity index (χ0) is 24.3. The van der Waals surface area contributed by atoms with Crippen LogP contribution in [0.2, 0.25) is 0 Å². The number of carboxylic acid groups (broad SMARTS) is 1. The number of aliphatic carboxylic acids is 1. The highest BCUT2D eigenvalue weighted by Crippen LogP contribution is 2.06. The number of carboxylic acids is 1. The van der Waals surface area contributed by atoms with E-state index in [4.69, 9.17) is 16.6 Å². The number of hydrogen-bond acceptors (Lipinski definition) is 8. The van der Waals surface area contributed by atoms with Gasteiger partial charge in [0.15, 0.2) is 6.04 Å². The second kappa shape index (κ2) is 13.8. The Balaban J connectivity index is 5.39. The van der Waals surface area contributed by atoms with Crippen LogP contribution >= 0.6 is 11.8 Å². The minimum atomic E-state index is -1.58. The number of nitrogens with two attached hydrogens (primary N) is 2. The van der Waals surface area contributed by atoms with E-state index in [2.05, 4.69) is 16.0 Å².